The Morgan fingerprint density at radius 1 is 1.22 bits per heavy atom. The highest BCUT2D eigenvalue weighted by atomic mass is 16.3. The van der Waals surface area contributed by atoms with Gasteiger partial charge in [-0.15, -0.1) is 0 Å². The third-order valence-electron chi connectivity index (χ3n) is 3.94. The van der Waals surface area contributed by atoms with Crippen molar-refractivity contribution < 1.29 is 5.11 Å². The molecule has 0 atom stereocenters. The molecule has 3 nitrogen and oxygen atoms in total. The Bertz CT molecular complexity index is 395. The van der Waals surface area contributed by atoms with Crippen LogP contribution >= 0.6 is 0 Å². The van der Waals surface area contributed by atoms with Gasteiger partial charge in [-0.3, -0.25) is 0 Å². The maximum atomic E-state index is 10.5. The van der Waals surface area contributed by atoms with Crippen LogP contribution in [0.15, 0.2) is 18.2 Å². The minimum atomic E-state index is -0.545. The molecule has 0 radical (unpaired) electrons. The van der Waals surface area contributed by atoms with E-state index in [0.29, 0.717) is 6.54 Å². The van der Waals surface area contributed by atoms with Crippen LogP contribution in [0.1, 0.15) is 44.1 Å². The van der Waals surface area contributed by atoms with Gasteiger partial charge in [0.1, 0.15) is 0 Å². The molecule has 18 heavy (non-hydrogen) atoms. The predicted molar refractivity (Wildman–Crippen MR) is 76.7 cm³/mol. The first-order valence-electron chi connectivity index (χ1n) is 6.91. The summed E-state index contributed by atoms with van der Waals surface area (Å²) in [4.78, 5) is 0. The molecule has 4 N–H and O–H groups in total. The zero-order valence-corrected chi connectivity index (χ0v) is 11.2. The molecular weight excluding hydrogens is 224 g/mol. The summed E-state index contributed by atoms with van der Waals surface area (Å²) < 4.78 is 0. The second-order valence-electron chi connectivity index (χ2n) is 5.56. The van der Waals surface area contributed by atoms with Gasteiger partial charge in [-0.05, 0) is 37.5 Å². The highest BCUT2D eigenvalue weighted by Gasteiger charge is 2.27. The molecule has 2 rings (SSSR count). The van der Waals surface area contributed by atoms with E-state index in [4.69, 9.17) is 5.73 Å². The summed E-state index contributed by atoms with van der Waals surface area (Å²) in [5.41, 5.74) is 8.23. The molecule has 1 aliphatic carbocycles. The summed E-state index contributed by atoms with van der Waals surface area (Å²) in [6, 6.07) is 5.97. The molecule has 0 aliphatic heterocycles. The van der Waals surface area contributed by atoms with Gasteiger partial charge in [0.2, 0.25) is 0 Å². The number of rotatable bonds is 3. The first-order chi connectivity index (χ1) is 8.59. The molecule has 3 heteroatoms. The van der Waals surface area contributed by atoms with E-state index < -0.39 is 5.60 Å². The number of aliphatic hydroxyl groups is 1. The van der Waals surface area contributed by atoms with E-state index in [2.05, 4.69) is 5.32 Å². The zero-order valence-electron chi connectivity index (χ0n) is 11.2. The van der Waals surface area contributed by atoms with Crippen molar-refractivity contribution in [3.05, 3.63) is 23.8 Å². The van der Waals surface area contributed by atoms with Crippen LogP contribution in [0.25, 0.3) is 0 Å². The molecule has 0 aromatic heterocycles. The quantitative estimate of drug-likeness (QED) is 0.569. The lowest BCUT2D eigenvalue weighted by atomic mass is 9.94. The molecule has 1 saturated carbocycles. The van der Waals surface area contributed by atoms with Gasteiger partial charge < -0.3 is 16.2 Å². The van der Waals surface area contributed by atoms with Crippen molar-refractivity contribution in [2.24, 2.45) is 0 Å². The Labute approximate surface area is 109 Å². The van der Waals surface area contributed by atoms with E-state index in [1.54, 1.807) is 0 Å². The van der Waals surface area contributed by atoms with Crippen LogP contribution in [0.3, 0.4) is 0 Å². The van der Waals surface area contributed by atoms with Gasteiger partial charge in [0.25, 0.3) is 0 Å². The average molecular weight is 248 g/mol. The highest BCUT2D eigenvalue weighted by Crippen LogP contribution is 2.27. The molecule has 0 heterocycles. The van der Waals surface area contributed by atoms with Crippen molar-refractivity contribution >= 4 is 11.4 Å². The van der Waals surface area contributed by atoms with E-state index in [1.807, 2.05) is 25.1 Å². The van der Waals surface area contributed by atoms with Crippen LogP contribution in [0, 0.1) is 6.92 Å². The number of aryl methyl sites for hydroxylation is 1. The number of benzene rings is 1. The minimum Gasteiger partial charge on any atom is -0.398 e. The smallest absolute Gasteiger partial charge is 0.0819 e. The van der Waals surface area contributed by atoms with E-state index in [-0.39, 0.29) is 0 Å². The third kappa shape index (κ3) is 3.39. The number of anilines is 2. The van der Waals surface area contributed by atoms with Crippen molar-refractivity contribution in [2.75, 3.05) is 17.6 Å². The Morgan fingerprint density at radius 2 is 1.89 bits per heavy atom. The Morgan fingerprint density at radius 3 is 2.50 bits per heavy atom. The van der Waals surface area contributed by atoms with Crippen molar-refractivity contribution in [2.45, 2.75) is 51.0 Å². The van der Waals surface area contributed by atoms with E-state index in [0.717, 1.165) is 42.6 Å². The fourth-order valence-corrected chi connectivity index (χ4v) is 2.58. The van der Waals surface area contributed by atoms with Crippen molar-refractivity contribution in [3.63, 3.8) is 0 Å². The number of hydrogen-bond acceptors (Lipinski definition) is 3. The van der Waals surface area contributed by atoms with E-state index in [9.17, 15) is 5.11 Å². The standard InChI is InChI=1S/C15H24N2O/c1-12-6-7-13(10-14(12)16)17-11-15(18)8-4-2-3-5-9-15/h6-7,10,17-18H,2-5,8-9,11,16H2,1H3. The van der Waals surface area contributed by atoms with E-state index in [1.165, 1.54) is 12.8 Å². The average Bonchev–Trinajstić information content (AvgIpc) is 2.56. The molecule has 0 bridgehead atoms. The van der Waals surface area contributed by atoms with Gasteiger partial charge in [-0.2, -0.15) is 0 Å². The second kappa shape index (κ2) is 5.61. The van der Waals surface area contributed by atoms with Crippen LogP contribution < -0.4 is 11.1 Å². The highest BCUT2D eigenvalue weighted by molar-refractivity contribution is 5.58. The van der Waals surface area contributed by atoms with Crippen LogP contribution in [-0.2, 0) is 0 Å². The lowest BCUT2D eigenvalue weighted by Gasteiger charge is -2.27. The largest absolute Gasteiger partial charge is 0.398 e. The summed E-state index contributed by atoms with van der Waals surface area (Å²) >= 11 is 0. The summed E-state index contributed by atoms with van der Waals surface area (Å²) in [5, 5.41) is 13.9. The number of nitrogens with two attached hydrogens (primary N) is 1. The van der Waals surface area contributed by atoms with Crippen LogP contribution in [0.4, 0.5) is 11.4 Å². The van der Waals surface area contributed by atoms with E-state index >= 15 is 0 Å². The topological polar surface area (TPSA) is 58.3 Å². The van der Waals surface area contributed by atoms with Gasteiger partial charge in [0, 0.05) is 17.9 Å². The van der Waals surface area contributed by atoms with Gasteiger partial charge in [-0.25, -0.2) is 0 Å². The number of hydrogen-bond donors (Lipinski definition) is 3. The molecule has 1 aliphatic rings. The fraction of sp³-hybridized carbons (Fsp3) is 0.600. The Kier molecular flexibility index (Phi) is 4.12. The maximum Gasteiger partial charge on any atom is 0.0819 e. The van der Waals surface area contributed by atoms with Crippen LogP contribution in [-0.4, -0.2) is 17.3 Å². The monoisotopic (exact) mass is 248 g/mol. The SMILES string of the molecule is Cc1ccc(NCC2(O)CCCCCC2)cc1N. The normalized spacial score (nSPS) is 19.2. The molecule has 1 aromatic rings. The van der Waals surface area contributed by atoms with Gasteiger partial charge in [-0.1, -0.05) is 31.7 Å². The summed E-state index contributed by atoms with van der Waals surface area (Å²) in [5.74, 6) is 0. The fourth-order valence-electron chi connectivity index (χ4n) is 2.58. The third-order valence-corrected chi connectivity index (χ3v) is 3.94. The number of nitrogen functional groups attached to an aromatic ring is 1. The Balaban J connectivity index is 1.95. The number of nitrogens with one attached hydrogen (secondary N) is 1. The molecule has 1 aromatic carbocycles. The van der Waals surface area contributed by atoms with Crippen molar-refractivity contribution in [1.29, 1.82) is 0 Å². The minimum absolute atomic E-state index is 0.545. The lowest BCUT2D eigenvalue weighted by molar-refractivity contribution is 0.0381. The summed E-state index contributed by atoms with van der Waals surface area (Å²) in [6.07, 6.45) is 6.57. The maximum absolute atomic E-state index is 10.5. The van der Waals surface area contributed by atoms with Crippen molar-refractivity contribution in [3.8, 4) is 0 Å². The van der Waals surface area contributed by atoms with Crippen molar-refractivity contribution in [1.82, 2.24) is 0 Å². The van der Waals surface area contributed by atoms with Crippen LogP contribution in [0.2, 0.25) is 0 Å². The second-order valence-corrected chi connectivity index (χ2v) is 5.56. The molecule has 0 saturated heterocycles. The van der Waals surface area contributed by atoms with Gasteiger partial charge >= 0.3 is 0 Å². The zero-order chi connectivity index (χ0) is 13.0. The molecule has 1 fully saturated rings. The van der Waals surface area contributed by atoms with Gasteiger partial charge in [0.05, 0.1) is 5.60 Å². The molecule has 0 unspecified atom stereocenters. The first-order valence-corrected chi connectivity index (χ1v) is 6.91. The summed E-state index contributed by atoms with van der Waals surface area (Å²) in [7, 11) is 0. The Hall–Kier alpha value is -1.22. The predicted octanol–water partition coefficient (Wildman–Crippen LogP) is 3.07. The first kappa shape index (κ1) is 13.2. The molecule has 100 valence electrons. The molecule has 0 amide bonds. The van der Waals surface area contributed by atoms with Gasteiger partial charge in [0.15, 0.2) is 0 Å². The summed E-state index contributed by atoms with van der Waals surface area (Å²) in [6.45, 7) is 2.62. The molecular formula is C15H24N2O. The molecule has 0 spiro atoms. The van der Waals surface area contributed by atoms with Crippen LogP contribution in [0.5, 0.6) is 0 Å². The lowest BCUT2D eigenvalue weighted by Crippen LogP contribution is -2.36.